The molecule has 0 bridgehead atoms. The van der Waals surface area contributed by atoms with Gasteiger partial charge in [0.1, 0.15) is 16.6 Å². The summed E-state index contributed by atoms with van der Waals surface area (Å²) in [7, 11) is 5.55. The first-order chi connectivity index (χ1) is 12.8. The van der Waals surface area contributed by atoms with Gasteiger partial charge >= 0.3 is 0 Å². The quantitative estimate of drug-likeness (QED) is 0.617. The summed E-state index contributed by atoms with van der Waals surface area (Å²) in [6, 6.07) is 4.72. The molecule has 0 aliphatic carbocycles. The van der Waals surface area contributed by atoms with Crippen molar-refractivity contribution in [3.8, 4) is 11.6 Å². The highest BCUT2D eigenvalue weighted by Gasteiger charge is 2.12. The number of nitrogens with two attached hydrogens (primary N) is 2. The van der Waals surface area contributed by atoms with Gasteiger partial charge in [0, 0.05) is 32.4 Å². The number of carbonyl (C=O) groups is 1. The van der Waals surface area contributed by atoms with Gasteiger partial charge in [-0.2, -0.15) is 4.98 Å². The van der Waals surface area contributed by atoms with Crippen LogP contribution >= 0.6 is 23.2 Å². The first-order valence-electron chi connectivity index (χ1n) is 8.07. The van der Waals surface area contributed by atoms with Gasteiger partial charge in [-0.15, -0.1) is 0 Å². The monoisotopic (exact) mass is 414 g/mol. The van der Waals surface area contributed by atoms with Crippen LogP contribution in [0.2, 0.25) is 10.0 Å². The number of halogens is 2. The van der Waals surface area contributed by atoms with Crippen molar-refractivity contribution >= 4 is 34.8 Å². The molecule has 27 heavy (non-hydrogen) atoms. The van der Waals surface area contributed by atoms with Crippen LogP contribution in [-0.4, -0.2) is 55.0 Å². The van der Waals surface area contributed by atoms with Crippen LogP contribution in [0.5, 0.6) is 11.6 Å². The van der Waals surface area contributed by atoms with Crippen molar-refractivity contribution < 1.29 is 9.53 Å². The van der Waals surface area contributed by atoms with E-state index < -0.39 is 0 Å². The molecule has 0 radical (unpaired) electrons. The van der Waals surface area contributed by atoms with E-state index in [-0.39, 0.29) is 28.3 Å². The fourth-order valence-electron chi connectivity index (χ4n) is 1.75. The highest BCUT2D eigenvalue weighted by Crippen LogP contribution is 2.37. The van der Waals surface area contributed by atoms with Gasteiger partial charge in [-0.3, -0.25) is 4.79 Å². The molecule has 0 fully saturated rings. The van der Waals surface area contributed by atoms with E-state index in [0.29, 0.717) is 17.3 Å². The predicted molar refractivity (Wildman–Crippen MR) is 108 cm³/mol. The zero-order chi connectivity index (χ0) is 20.4. The van der Waals surface area contributed by atoms with E-state index >= 15 is 0 Å². The lowest BCUT2D eigenvalue weighted by atomic mass is 10.3. The van der Waals surface area contributed by atoms with E-state index in [1.54, 1.807) is 25.2 Å². The molecule has 0 aliphatic rings. The molecule has 0 atom stereocenters. The number of hydrogen-bond donors (Lipinski definition) is 3. The molecule has 0 saturated heterocycles. The number of hydrogen-bond acceptors (Lipinski definition) is 7. The summed E-state index contributed by atoms with van der Waals surface area (Å²) >= 11 is 12.0. The Labute approximate surface area is 168 Å². The summed E-state index contributed by atoms with van der Waals surface area (Å²) in [4.78, 5) is 21.5. The molecular weight excluding hydrogens is 391 g/mol. The Balaban J connectivity index is 0.000000527. The Hall–Kier alpha value is -2.13. The third-order valence-electron chi connectivity index (χ3n) is 3.15. The van der Waals surface area contributed by atoms with Gasteiger partial charge in [-0.25, -0.2) is 4.98 Å². The lowest BCUT2D eigenvalue weighted by Gasteiger charge is -2.09. The maximum absolute atomic E-state index is 11.3. The number of carbonyl (C=O) groups excluding carboxylic acids is 1. The van der Waals surface area contributed by atoms with Crippen LogP contribution in [0.3, 0.4) is 0 Å². The second-order valence-corrected chi connectivity index (χ2v) is 6.39. The number of aromatic nitrogens is 2. The SMILES string of the molecule is CN(C)CCN.CNC(=O)Cc1nccc(Oc2ccc(N)c(Cl)c2Cl)n1. The first kappa shape index (κ1) is 22.9. The molecule has 10 heteroatoms. The zero-order valence-corrected chi connectivity index (χ0v) is 17.0. The highest BCUT2D eigenvalue weighted by atomic mass is 35.5. The standard InChI is InChI=1S/C13H12Cl2N4O2.C4H12N2/c1-17-10(20)6-9-18-5-4-11(19-9)21-8-3-2-7(16)12(14)13(8)15;1-6(2)4-3-5/h2-5H,6,16H2,1H3,(H,17,20);3-5H2,1-2H3. The van der Waals surface area contributed by atoms with Crippen molar-refractivity contribution in [1.29, 1.82) is 0 Å². The highest BCUT2D eigenvalue weighted by molar-refractivity contribution is 6.44. The molecule has 1 heterocycles. The summed E-state index contributed by atoms with van der Waals surface area (Å²) in [5.74, 6) is 0.720. The fourth-order valence-corrected chi connectivity index (χ4v) is 2.12. The fraction of sp³-hybridized carbons (Fsp3) is 0.353. The van der Waals surface area contributed by atoms with Crippen molar-refractivity contribution in [3.05, 3.63) is 40.3 Å². The minimum Gasteiger partial charge on any atom is -0.437 e. The number of ether oxygens (including phenoxy) is 1. The summed E-state index contributed by atoms with van der Waals surface area (Å²) in [6.45, 7) is 1.74. The lowest BCUT2D eigenvalue weighted by molar-refractivity contribution is -0.120. The number of benzene rings is 1. The van der Waals surface area contributed by atoms with Crippen molar-refractivity contribution in [2.75, 3.05) is 40.0 Å². The molecule has 1 amide bonds. The Morgan fingerprint density at radius 2 is 1.96 bits per heavy atom. The van der Waals surface area contributed by atoms with E-state index in [9.17, 15) is 4.79 Å². The van der Waals surface area contributed by atoms with Crippen LogP contribution in [0.4, 0.5) is 5.69 Å². The number of likely N-dealkylation sites (N-methyl/N-ethyl adjacent to an activating group) is 2. The van der Waals surface area contributed by atoms with E-state index in [2.05, 4.69) is 20.2 Å². The normalized spacial score (nSPS) is 10.2. The van der Waals surface area contributed by atoms with E-state index in [4.69, 9.17) is 39.4 Å². The summed E-state index contributed by atoms with van der Waals surface area (Å²) in [5.41, 5.74) is 11.2. The molecule has 5 N–H and O–H groups in total. The second-order valence-electron chi connectivity index (χ2n) is 5.64. The third kappa shape index (κ3) is 7.96. The topological polar surface area (TPSA) is 119 Å². The Morgan fingerprint density at radius 1 is 1.26 bits per heavy atom. The minimum absolute atomic E-state index is 0.0595. The molecule has 2 rings (SSSR count). The van der Waals surface area contributed by atoms with Crippen molar-refractivity contribution in [3.63, 3.8) is 0 Å². The summed E-state index contributed by atoms with van der Waals surface area (Å²) in [5, 5.41) is 2.91. The van der Waals surface area contributed by atoms with Crippen LogP contribution in [0.25, 0.3) is 0 Å². The van der Waals surface area contributed by atoms with Gasteiger partial charge < -0.3 is 26.4 Å². The number of nitrogens with zero attached hydrogens (tertiary/aromatic N) is 3. The van der Waals surface area contributed by atoms with Crippen LogP contribution < -0.4 is 21.5 Å². The molecule has 2 aromatic rings. The molecule has 148 valence electrons. The van der Waals surface area contributed by atoms with Crippen LogP contribution in [0, 0.1) is 0 Å². The molecule has 0 unspecified atom stereocenters. The zero-order valence-electron chi connectivity index (χ0n) is 15.5. The lowest BCUT2D eigenvalue weighted by Crippen LogP contribution is -2.21. The van der Waals surface area contributed by atoms with Crippen molar-refractivity contribution in [2.24, 2.45) is 5.73 Å². The van der Waals surface area contributed by atoms with Gasteiger partial charge in [-0.1, -0.05) is 23.2 Å². The third-order valence-corrected chi connectivity index (χ3v) is 4.02. The maximum Gasteiger partial charge on any atom is 0.227 e. The van der Waals surface area contributed by atoms with Crippen LogP contribution in [-0.2, 0) is 11.2 Å². The molecule has 1 aromatic carbocycles. The molecular formula is C17H24Cl2N6O2. The first-order valence-corrected chi connectivity index (χ1v) is 8.82. The number of nitrogens with one attached hydrogen (secondary N) is 1. The Morgan fingerprint density at radius 3 is 2.52 bits per heavy atom. The van der Waals surface area contributed by atoms with Crippen LogP contribution in [0.1, 0.15) is 5.82 Å². The smallest absolute Gasteiger partial charge is 0.227 e. The van der Waals surface area contributed by atoms with Crippen molar-refractivity contribution in [1.82, 2.24) is 20.2 Å². The molecule has 8 nitrogen and oxygen atoms in total. The minimum atomic E-state index is -0.194. The molecule has 0 spiro atoms. The number of amides is 1. The number of rotatable bonds is 6. The number of nitrogen functional groups attached to an aromatic ring is 1. The maximum atomic E-state index is 11.3. The molecule has 0 saturated carbocycles. The predicted octanol–water partition coefficient (Wildman–Crippen LogP) is 1.95. The Bertz CT molecular complexity index is 758. The van der Waals surface area contributed by atoms with Crippen LogP contribution in [0.15, 0.2) is 24.4 Å². The Kier molecular flexibility index (Phi) is 9.81. The summed E-state index contributed by atoms with van der Waals surface area (Å²) < 4.78 is 5.55. The van der Waals surface area contributed by atoms with Gasteiger partial charge in [0.25, 0.3) is 0 Å². The largest absolute Gasteiger partial charge is 0.437 e. The average molecular weight is 415 g/mol. The molecule has 1 aromatic heterocycles. The summed E-state index contributed by atoms with van der Waals surface area (Å²) in [6.07, 6.45) is 1.55. The van der Waals surface area contributed by atoms with E-state index in [1.807, 2.05) is 14.1 Å². The van der Waals surface area contributed by atoms with E-state index in [1.165, 1.54) is 6.20 Å². The van der Waals surface area contributed by atoms with Crippen molar-refractivity contribution in [2.45, 2.75) is 6.42 Å². The van der Waals surface area contributed by atoms with Gasteiger partial charge in [-0.05, 0) is 26.2 Å². The van der Waals surface area contributed by atoms with Gasteiger partial charge in [0.2, 0.25) is 11.8 Å². The number of anilines is 1. The molecule has 0 aliphatic heterocycles. The van der Waals surface area contributed by atoms with Gasteiger partial charge in [0.05, 0.1) is 17.1 Å². The van der Waals surface area contributed by atoms with E-state index in [0.717, 1.165) is 13.1 Å². The average Bonchev–Trinajstić information content (AvgIpc) is 2.63. The second kappa shape index (κ2) is 11.6. The van der Waals surface area contributed by atoms with Gasteiger partial charge in [0.15, 0.2) is 0 Å².